The number of hydrogen-bond donors (Lipinski definition) is 0. The van der Waals surface area contributed by atoms with Gasteiger partial charge in [-0.2, -0.15) is 5.26 Å². The fourth-order valence-electron chi connectivity index (χ4n) is 16.1. The van der Waals surface area contributed by atoms with Gasteiger partial charge in [0.25, 0.3) is 0 Å². The second-order valence-corrected chi connectivity index (χ2v) is 25.4. The van der Waals surface area contributed by atoms with Crippen LogP contribution in [0.2, 0.25) is 0 Å². The first-order valence-corrected chi connectivity index (χ1v) is 33.1. The van der Waals surface area contributed by atoms with E-state index in [2.05, 4.69) is 369 Å². The first-order valence-electron chi connectivity index (χ1n) is 33.1. The van der Waals surface area contributed by atoms with Crippen molar-refractivity contribution in [2.75, 3.05) is 0 Å². The van der Waals surface area contributed by atoms with E-state index in [1.807, 2.05) is 0 Å². The molecule has 0 aliphatic rings. The minimum atomic E-state index is 0.495. The summed E-state index contributed by atoms with van der Waals surface area (Å²) in [4.78, 5) is 0. The van der Waals surface area contributed by atoms with Crippen LogP contribution in [0, 0.1) is 11.3 Å². The van der Waals surface area contributed by atoms with Crippen LogP contribution < -0.4 is 0 Å². The zero-order chi connectivity index (χ0) is 63.8. The topological polar surface area (TPSA) is 48.4 Å². The molecule has 450 valence electrons. The van der Waals surface area contributed by atoms with E-state index < -0.39 is 0 Å². The van der Waals surface area contributed by atoms with E-state index in [4.69, 9.17) is 0 Å². The molecule has 0 atom stereocenters. The largest absolute Gasteiger partial charge is 0.306 e. The zero-order valence-electron chi connectivity index (χ0n) is 52.5. The first-order chi connectivity index (χ1) is 48.1. The van der Waals surface area contributed by atoms with Crippen LogP contribution in [0.5, 0.6) is 0 Å². The fourth-order valence-corrected chi connectivity index (χ4v) is 16.1. The normalized spacial score (nSPS) is 11.9. The lowest BCUT2D eigenvalue weighted by Crippen LogP contribution is -2.18. The Labute approximate surface area is 558 Å². The zero-order valence-corrected chi connectivity index (χ0v) is 52.5. The highest BCUT2D eigenvalue weighted by Crippen LogP contribution is 2.53. The summed E-state index contributed by atoms with van der Waals surface area (Å²) in [5, 5.41) is 24.5. The van der Waals surface area contributed by atoms with Crippen LogP contribution in [-0.2, 0) is 0 Å². The molecule has 20 rings (SSSR count). The molecule has 97 heavy (non-hydrogen) atoms. The van der Waals surface area contributed by atoms with Gasteiger partial charge in [-0.3, -0.25) is 0 Å². The van der Waals surface area contributed by atoms with Crippen LogP contribution in [0.3, 0.4) is 0 Å². The van der Waals surface area contributed by atoms with Gasteiger partial charge in [0.2, 0.25) is 0 Å². The maximum absolute atomic E-state index is 13.6. The summed E-state index contributed by atoms with van der Waals surface area (Å²) in [6.45, 7) is 0. The summed E-state index contributed by atoms with van der Waals surface area (Å²) < 4.78 is 12.5. The highest BCUT2D eigenvalue weighted by Gasteiger charge is 2.37. The van der Waals surface area contributed by atoms with Crippen LogP contribution in [0.25, 0.3) is 182 Å². The average molecular weight is 1230 g/mol. The fraction of sp³-hybridized carbons (Fsp3) is 0. The molecule has 0 aliphatic carbocycles. The molecular weight excluding hydrogens is 1180 g/mol. The Hall–Kier alpha value is -13.2. The quantitative estimate of drug-likeness (QED) is 0.142. The van der Waals surface area contributed by atoms with Crippen LogP contribution in [0.4, 0.5) is 0 Å². The molecule has 5 heterocycles. The predicted octanol–water partition coefficient (Wildman–Crippen LogP) is 23.7. The maximum atomic E-state index is 13.6. The number of benzene rings is 15. The predicted molar refractivity (Wildman–Crippen MR) is 405 cm³/mol. The van der Waals surface area contributed by atoms with Crippen molar-refractivity contribution in [3.8, 4) is 79.0 Å². The lowest BCUT2D eigenvalue weighted by Gasteiger charge is -2.30. The lowest BCUT2D eigenvalue weighted by atomic mass is 10.0. The molecule has 0 radical (unpaired) electrons. The first kappa shape index (κ1) is 54.4. The summed E-state index contributed by atoms with van der Waals surface area (Å²) in [5.74, 6) is 0. The molecule has 0 spiro atoms. The van der Waals surface area contributed by atoms with Crippen molar-refractivity contribution < 1.29 is 0 Å². The minimum Gasteiger partial charge on any atom is -0.306 e. The summed E-state index contributed by atoms with van der Waals surface area (Å²) >= 11 is 0. The molecule has 0 unspecified atom stereocenters. The van der Waals surface area contributed by atoms with E-state index >= 15 is 0 Å². The minimum absolute atomic E-state index is 0.495. The smallest absolute Gasteiger partial charge is 0.105 e. The molecule has 6 heteroatoms. The second kappa shape index (κ2) is 21.4. The summed E-state index contributed by atoms with van der Waals surface area (Å²) in [6, 6.07) is 127. The highest BCUT2D eigenvalue weighted by molar-refractivity contribution is 6.19. The molecule has 0 bridgehead atoms. The second-order valence-electron chi connectivity index (χ2n) is 25.4. The van der Waals surface area contributed by atoms with Gasteiger partial charge < -0.3 is 22.8 Å². The van der Waals surface area contributed by atoms with Gasteiger partial charge in [-0.25, -0.2) is 0 Å². The Morgan fingerprint density at radius 3 is 0.577 bits per heavy atom. The van der Waals surface area contributed by atoms with Gasteiger partial charge in [-0.15, -0.1) is 0 Å². The van der Waals surface area contributed by atoms with Crippen molar-refractivity contribution in [1.29, 1.82) is 5.26 Å². The van der Waals surface area contributed by atoms with E-state index in [1.165, 1.54) is 0 Å². The molecule has 0 saturated heterocycles. The van der Waals surface area contributed by atoms with Gasteiger partial charge in [-0.1, -0.05) is 255 Å². The molecule has 0 fully saturated rings. The van der Waals surface area contributed by atoms with Crippen molar-refractivity contribution in [2.24, 2.45) is 0 Å². The number of hydrogen-bond acceptors (Lipinski definition) is 1. The number of fused-ring (bicyclic) bond motifs is 15. The Morgan fingerprint density at radius 1 is 0.165 bits per heavy atom. The van der Waals surface area contributed by atoms with Gasteiger partial charge in [-0.05, 0) is 129 Å². The van der Waals surface area contributed by atoms with Gasteiger partial charge in [0.1, 0.15) is 11.6 Å². The Balaban J connectivity index is 1.10. The number of aromatic nitrogens is 5. The Kier molecular flexibility index (Phi) is 12.0. The number of para-hydroxylation sites is 6. The molecular formula is C91H56N6. The SMILES string of the molecule is N#Cc1c(-n2c3ccc(-c4ccccc4)cc3c3cc(-c4ccccc4)ccc32)c(-n2c3ccccc3c3ccccc32)c(-n2c3ccccc3c3ccccc32)c(-n2c3ccccc3c3ccccc32)c1-n1c2ccc(-c3ccccc3)cc2c2cc(-c3ccccc3)ccc21. The van der Waals surface area contributed by atoms with Crippen LogP contribution in [-0.4, -0.2) is 22.8 Å². The molecule has 6 nitrogen and oxygen atoms in total. The molecule has 0 N–H and O–H groups in total. The lowest BCUT2D eigenvalue weighted by molar-refractivity contribution is 0.992. The Bertz CT molecular complexity index is 5980. The van der Waals surface area contributed by atoms with Crippen LogP contribution in [0.1, 0.15) is 5.56 Å². The average Bonchev–Trinajstić information content (AvgIpc) is 1.58. The number of rotatable bonds is 9. The van der Waals surface area contributed by atoms with Crippen molar-refractivity contribution >= 4 is 109 Å². The van der Waals surface area contributed by atoms with E-state index in [0.717, 1.165) is 182 Å². The highest BCUT2D eigenvalue weighted by atomic mass is 15.2. The van der Waals surface area contributed by atoms with Gasteiger partial charge in [0.15, 0.2) is 0 Å². The van der Waals surface area contributed by atoms with E-state index in [9.17, 15) is 5.26 Å². The third-order valence-corrected chi connectivity index (χ3v) is 20.3. The van der Waals surface area contributed by atoms with Gasteiger partial charge >= 0.3 is 0 Å². The molecule has 15 aromatic carbocycles. The molecule has 0 amide bonds. The van der Waals surface area contributed by atoms with Gasteiger partial charge in [0, 0.05) is 53.9 Å². The monoisotopic (exact) mass is 1230 g/mol. The van der Waals surface area contributed by atoms with Gasteiger partial charge in [0.05, 0.1) is 83.6 Å². The summed E-state index contributed by atoms with van der Waals surface area (Å²) in [7, 11) is 0. The molecule has 5 aromatic heterocycles. The summed E-state index contributed by atoms with van der Waals surface area (Å²) in [5.41, 5.74) is 23.4. The Morgan fingerprint density at radius 2 is 0.351 bits per heavy atom. The number of nitriles is 1. The third-order valence-electron chi connectivity index (χ3n) is 20.3. The standard InChI is InChI=1S/C91H56N6/c92-57-76-87(93-83-49-45-62(58-25-5-1-6-26-58)53-72(83)73-54-63(46-50-84(73)93)59-27-7-2-8-28-59)89(95-77-39-19-13-33-66(77)67-34-14-20-40-78(67)95)91(97-81-43-23-17-37-70(81)71-38-18-24-44-82(71)97)90(96-79-41-21-15-35-68(79)69-36-16-22-42-80(69)96)88(76)94-85-51-47-64(60-29-9-3-10-30-60)55-74(85)75-56-65(48-52-86(75)94)61-31-11-4-12-32-61/h1-56H. The van der Waals surface area contributed by atoms with E-state index in [1.54, 1.807) is 0 Å². The van der Waals surface area contributed by atoms with E-state index in [-0.39, 0.29) is 0 Å². The van der Waals surface area contributed by atoms with Crippen molar-refractivity contribution in [2.45, 2.75) is 0 Å². The van der Waals surface area contributed by atoms with Crippen LogP contribution in [0.15, 0.2) is 340 Å². The van der Waals surface area contributed by atoms with Crippen molar-refractivity contribution in [1.82, 2.24) is 22.8 Å². The summed E-state index contributed by atoms with van der Waals surface area (Å²) in [6.07, 6.45) is 0. The van der Waals surface area contributed by atoms with Crippen molar-refractivity contribution in [3.63, 3.8) is 0 Å². The number of nitrogens with zero attached hydrogens (tertiary/aromatic N) is 6. The van der Waals surface area contributed by atoms with E-state index in [0.29, 0.717) is 5.56 Å². The molecule has 0 aliphatic heterocycles. The molecule has 20 aromatic rings. The van der Waals surface area contributed by atoms with Crippen LogP contribution >= 0.6 is 0 Å². The molecule has 0 saturated carbocycles. The maximum Gasteiger partial charge on any atom is 0.105 e. The van der Waals surface area contributed by atoms with Crippen molar-refractivity contribution in [3.05, 3.63) is 345 Å². The third kappa shape index (κ3) is 8.07.